The topological polar surface area (TPSA) is 50.9 Å². The molecule has 94 valence electrons. The SMILES string of the molecule is CCCc1ccc(Nc2ncc(N)cc2C)cc1. The molecule has 0 radical (unpaired) electrons. The predicted molar refractivity (Wildman–Crippen MR) is 77.1 cm³/mol. The second kappa shape index (κ2) is 5.54. The molecule has 1 heterocycles. The van der Waals surface area contributed by atoms with Crippen LogP contribution in [-0.2, 0) is 6.42 Å². The first-order chi connectivity index (χ1) is 8.69. The molecule has 0 fully saturated rings. The van der Waals surface area contributed by atoms with Crippen LogP contribution < -0.4 is 11.1 Å². The van der Waals surface area contributed by atoms with Crippen molar-refractivity contribution >= 4 is 17.2 Å². The van der Waals surface area contributed by atoms with Gasteiger partial charge in [0.1, 0.15) is 5.82 Å². The summed E-state index contributed by atoms with van der Waals surface area (Å²) in [5.74, 6) is 0.854. The van der Waals surface area contributed by atoms with Crippen molar-refractivity contribution in [1.29, 1.82) is 0 Å². The van der Waals surface area contributed by atoms with Gasteiger partial charge >= 0.3 is 0 Å². The van der Waals surface area contributed by atoms with E-state index in [1.54, 1.807) is 6.20 Å². The molecule has 0 bridgehead atoms. The van der Waals surface area contributed by atoms with E-state index in [0.717, 1.165) is 23.5 Å². The summed E-state index contributed by atoms with van der Waals surface area (Å²) < 4.78 is 0. The fourth-order valence-corrected chi connectivity index (χ4v) is 1.91. The first kappa shape index (κ1) is 12.4. The summed E-state index contributed by atoms with van der Waals surface area (Å²) in [4.78, 5) is 4.30. The van der Waals surface area contributed by atoms with Crippen LogP contribution in [0.2, 0.25) is 0 Å². The van der Waals surface area contributed by atoms with Gasteiger partial charge in [-0.15, -0.1) is 0 Å². The third-order valence-electron chi connectivity index (χ3n) is 2.85. The largest absolute Gasteiger partial charge is 0.397 e. The molecule has 2 aromatic rings. The standard InChI is InChI=1S/C15H19N3/c1-3-4-12-5-7-14(8-6-12)18-15-11(2)9-13(16)10-17-15/h5-10H,3-4,16H2,1-2H3,(H,17,18). The van der Waals surface area contributed by atoms with Gasteiger partial charge in [0, 0.05) is 5.69 Å². The number of aryl methyl sites for hydroxylation is 2. The highest BCUT2D eigenvalue weighted by Crippen LogP contribution is 2.20. The van der Waals surface area contributed by atoms with Gasteiger partial charge in [-0.2, -0.15) is 0 Å². The van der Waals surface area contributed by atoms with Crippen molar-refractivity contribution in [1.82, 2.24) is 4.98 Å². The van der Waals surface area contributed by atoms with Gasteiger partial charge < -0.3 is 11.1 Å². The molecular formula is C15H19N3. The third kappa shape index (κ3) is 3.00. The third-order valence-corrected chi connectivity index (χ3v) is 2.85. The van der Waals surface area contributed by atoms with Crippen LogP contribution in [0.5, 0.6) is 0 Å². The zero-order valence-corrected chi connectivity index (χ0v) is 10.9. The number of nitrogen functional groups attached to an aromatic ring is 1. The zero-order chi connectivity index (χ0) is 13.0. The van der Waals surface area contributed by atoms with E-state index in [-0.39, 0.29) is 0 Å². The van der Waals surface area contributed by atoms with Crippen LogP contribution in [-0.4, -0.2) is 4.98 Å². The fourth-order valence-electron chi connectivity index (χ4n) is 1.91. The molecule has 0 saturated heterocycles. The lowest BCUT2D eigenvalue weighted by atomic mass is 10.1. The lowest BCUT2D eigenvalue weighted by molar-refractivity contribution is 0.922. The second-order valence-corrected chi connectivity index (χ2v) is 4.51. The number of hydrogen-bond donors (Lipinski definition) is 2. The summed E-state index contributed by atoms with van der Waals surface area (Å²) in [5, 5.41) is 3.30. The van der Waals surface area contributed by atoms with Crippen LogP contribution >= 0.6 is 0 Å². The van der Waals surface area contributed by atoms with E-state index in [0.29, 0.717) is 5.69 Å². The molecule has 0 aliphatic rings. The minimum atomic E-state index is 0.691. The van der Waals surface area contributed by atoms with Crippen molar-refractivity contribution in [3.05, 3.63) is 47.7 Å². The van der Waals surface area contributed by atoms with Gasteiger partial charge in [-0.05, 0) is 42.7 Å². The van der Waals surface area contributed by atoms with Crippen molar-refractivity contribution < 1.29 is 0 Å². The van der Waals surface area contributed by atoms with Crippen molar-refractivity contribution in [2.24, 2.45) is 0 Å². The molecule has 2 rings (SSSR count). The van der Waals surface area contributed by atoms with Gasteiger partial charge in [0.05, 0.1) is 11.9 Å². The van der Waals surface area contributed by atoms with Gasteiger partial charge in [0.15, 0.2) is 0 Å². The monoisotopic (exact) mass is 241 g/mol. The predicted octanol–water partition coefficient (Wildman–Crippen LogP) is 3.67. The molecule has 0 spiro atoms. The summed E-state index contributed by atoms with van der Waals surface area (Å²) in [5.41, 5.74) is 9.84. The number of hydrogen-bond acceptors (Lipinski definition) is 3. The number of aromatic nitrogens is 1. The first-order valence-electron chi connectivity index (χ1n) is 6.27. The summed E-state index contributed by atoms with van der Waals surface area (Å²) in [6.45, 7) is 4.19. The summed E-state index contributed by atoms with van der Waals surface area (Å²) >= 11 is 0. The molecule has 3 nitrogen and oxygen atoms in total. The number of anilines is 3. The van der Waals surface area contributed by atoms with Gasteiger partial charge in [0.2, 0.25) is 0 Å². The van der Waals surface area contributed by atoms with Gasteiger partial charge in [-0.25, -0.2) is 4.98 Å². The molecule has 0 unspecified atom stereocenters. The number of pyridine rings is 1. The van der Waals surface area contributed by atoms with Crippen molar-refractivity contribution in [3.8, 4) is 0 Å². The highest BCUT2D eigenvalue weighted by atomic mass is 15.0. The Hall–Kier alpha value is -2.03. The first-order valence-corrected chi connectivity index (χ1v) is 6.27. The van der Waals surface area contributed by atoms with Crippen molar-refractivity contribution in [3.63, 3.8) is 0 Å². The molecular weight excluding hydrogens is 222 g/mol. The number of rotatable bonds is 4. The minimum Gasteiger partial charge on any atom is -0.397 e. The maximum atomic E-state index is 5.68. The Kier molecular flexibility index (Phi) is 3.82. The van der Waals surface area contributed by atoms with E-state index in [9.17, 15) is 0 Å². The average Bonchev–Trinajstić information content (AvgIpc) is 2.35. The molecule has 1 aromatic carbocycles. The molecule has 3 N–H and O–H groups in total. The van der Waals surface area contributed by atoms with Crippen LogP contribution in [0.15, 0.2) is 36.5 Å². The van der Waals surface area contributed by atoms with Crippen LogP contribution in [0.4, 0.5) is 17.2 Å². The zero-order valence-electron chi connectivity index (χ0n) is 10.9. The molecule has 0 aliphatic heterocycles. The maximum absolute atomic E-state index is 5.68. The Bertz CT molecular complexity index is 518. The lowest BCUT2D eigenvalue weighted by Gasteiger charge is -2.09. The van der Waals surface area contributed by atoms with Crippen LogP contribution in [0.25, 0.3) is 0 Å². The van der Waals surface area contributed by atoms with E-state index in [1.165, 1.54) is 12.0 Å². The van der Waals surface area contributed by atoms with E-state index in [1.807, 2.05) is 13.0 Å². The Balaban J connectivity index is 2.13. The maximum Gasteiger partial charge on any atom is 0.133 e. The van der Waals surface area contributed by atoms with Gasteiger partial charge in [0.25, 0.3) is 0 Å². The Labute approximate surface area is 108 Å². The van der Waals surface area contributed by atoms with Crippen LogP contribution in [0.3, 0.4) is 0 Å². The van der Waals surface area contributed by atoms with Crippen molar-refractivity contribution in [2.75, 3.05) is 11.1 Å². The van der Waals surface area contributed by atoms with Gasteiger partial charge in [-0.1, -0.05) is 25.5 Å². The lowest BCUT2D eigenvalue weighted by Crippen LogP contribution is -1.98. The smallest absolute Gasteiger partial charge is 0.133 e. The highest BCUT2D eigenvalue weighted by Gasteiger charge is 2.01. The molecule has 0 saturated carbocycles. The second-order valence-electron chi connectivity index (χ2n) is 4.51. The van der Waals surface area contributed by atoms with E-state index >= 15 is 0 Å². The van der Waals surface area contributed by atoms with Crippen LogP contribution in [0.1, 0.15) is 24.5 Å². The van der Waals surface area contributed by atoms with E-state index in [4.69, 9.17) is 5.73 Å². The number of nitrogens with two attached hydrogens (primary N) is 1. The molecule has 3 heteroatoms. The summed E-state index contributed by atoms with van der Waals surface area (Å²) in [6, 6.07) is 10.4. The summed E-state index contributed by atoms with van der Waals surface area (Å²) in [7, 11) is 0. The highest BCUT2D eigenvalue weighted by molar-refractivity contribution is 5.61. The Morgan fingerprint density at radius 3 is 2.56 bits per heavy atom. The Morgan fingerprint density at radius 1 is 1.22 bits per heavy atom. The van der Waals surface area contributed by atoms with Gasteiger partial charge in [-0.3, -0.25) is 0 Å². The molecule has 0 aliphatic carbocycles. The fraction of sp³-hybridized carbons (Fsp3) is 0.267. The summed E-state index contributed by atoms with van der Waals surface area (Å²) in [6.07, 6.45) is 3.96. The Morgan fingerprint density at radius 2 is 1.94 bits per heavy atom. The van der Waals surface area contributed by atoms with Crippen molar-refractivity contribution in [2.45, 2.75) is 26.7 Å². The van der Waals surface area contributed by atoms with E-state index in [2.05, 4.69) is 41.5 Å². The number of benzene rings is 1. The van der Waals surface area contributed by atoms with Crippen LogP contribution in [0, 0.1) is 6.92 Å². The quantitative estimate of drug-likeness (QED) is 0.858. The number of nitrogens with zero attached hydrogens (tertiary/aromatic N) is 1. The molecule has 1 aromatic heterocycles. The minimum absolute atomic E-state index is 0.691. The number of nitrogens with one attached hydrogen (secondary N) is 1. The molecule has 0 atom stereocenters. The molecule has 0 amide bonds. The van der Waals surface area contributed by atoms with E-state index < -0.39 is 0 Å². The molecule has 18 heavy (non-hydrogen) atoms. The normalized spacial score (nSPS) is 10.3. The average molecular weight is 241 g/mol.